The molecule has 2 aromatic rings. The number of halogens is 1. The number of piperidine rings is 1. The molecule has 0 aliphatic carbocycles. The summed E-state index contributed by atoms with van der Waals surface area (Å²) >= 11 is 0. The van der Waals surface area contributed by atoms with Crippen molar-refractivity contribution in [2.75, 3.05) is 20.2 Å². The van der Waals surface area contributed by atoms with E-state index in [0.29, 0.717) is 34.4 Å². The fraction of sp³-hybridized carbons (Fsp3) is 0.474. The molecule has 3 rings (SSSR count). The Kier molecular flexibility index (Phi) is 4.42. The van der Waals surface area contributed by atoms with Crippen molar-refractivity contribution in [3.8, 4) is 11.8 Å². The molecule has 5 heteroatoms. The molecule has 2 heterocycles. The van der Waals surface area contributed by atoms with Gasteiger partial charge in [0.2, 0.25) is 5.95 Å². The Balaban J connectivity index is 1.89. The second-order valence-corrected chi connectivity index (χ2v) is 7.24. The van der Waals surface area contributed by atoms with E-state index in [-0.39, 0.29) is 0 Å². The maximum atomic E-state index is 14.4. The minimum absolute atomic E-state index is 0.370. The summed E-state index contributed by atoms with van der Waals surface area (Å²) in [6, 6.07) is 7.24. The van der Waals surface area contributed by atoms with Crippen molar-refractivity contribution in [2.45, 2.75) is 33.2 Å². The molecule has 1 aliphatic heterocycles. The Hall–Kier alpha value is -2.19. The summed E-state index contributed by atoms with van der Waals surface area (Å²) in [6.07, 6.45) is 2.23. The van der Waals surface area contributed by atoms with Crippen LogP contribution in [-0.4, -0.2) is 30.1 Å². The number of fused-ring (bicyclic) bond motifs is 1. The number of pyridine rings is 1. The van der Waals surface area contributed by atoms with Crippen molar-refractivity contribution in [1.82, 2.24) is 9.88 Å². The molecule has 0 unspecified atom stereocenters. The number of benzene rings is 1. The van der Waals surface area contributed by atoms with Crippen molar-refractivity contribution in [3.63, 3.8) is 0 Å². The van der Waals surface area contributed by atoms with Gasteiger partial charge in [0.1, 0.15) is 11.8 Å². The van der Waals surface area contributed by atoms with Crippen LogP contribution in [0.1, 0.15) is 37.8 Å². The molecule has 1 saturated heterocycles. The molecule has 0 amide bonds. The zero-order chi connectivity index (χ0) is 17.3. The number of hydrogen-bond acceptors (Lipinski definition) is 4. The molecular weight excluding hydrogens is 305 g/mol. The van der Waals surface area contributed by atoms with Gasteiger partial charge in [-0.1, -0.05) is 13.8 Å². The number of ether oxygens (including phenoxy) is 1. The van der Waals surface area contributed by atoms with Crippen LogP contribution in [0.15, 0.2) is 18.2 Å². The van der Waals surface area contributed by atoms with E-state index in [1.807, 2.05) is 0 Å². The van der Waals surface area contributed by atoms with Crippen LogP contribution in [0.25, 0.3) is 10.9 Å². The van der Waals surface area contributed by atoms with E-state index in [4.69, 9.17) is 4.74 Å². The third-order valence-electron chi connectivity index (χ3n) is 4.89. The highest BCUT2D eigenvalue weighted by molar-refractivity contribution is 5.83. The van der Waals surface area contributed by atoms with Crippen LogP contribution in [0.4, 0.5) is 4.39 Å². The van der Waals surface area contributed by atoms with Gasteiger partial charge in [-0.25, -0.2) is 4.98 Å². The summed E-state index contributed by atoms with van der Waals surface area (Å²) in [5, 5.41) is 9.98. The first-order chi connectivity index (χ1) is 11.4. The van der Waals surface area contributed by atoms with Gasteiger partial charge >= 0.3 is 0 Å². The van der Waals surface area contributed by atoms with Crippen LogP contribution in [0.5, 0.6) is 5.75 Å². The number of nitriles is 1. The molecule has 126 valence electrons. The van der Waals surface area contributed by atoms with Crippen LogP contribution in [0, 0.1) is 22.7 Å². The van der Waals surface area contributed by atoms with E-state index >= 15 is 0 Å². The third kappa shape index (κ3) is 3.34. The second-order valence-electron chi connectivity index (χ2n) is 7.24. The normalized spacial score (nSPS) is 17.6. The van der Waals surface area contributed by atoms with Crippen molar-refractivity contribution < 1.29 is 9.13 Å². The zero-order valence-electron chi connectivity index (χ0n) is 14.4. The second kappa shape index (κ2) is 6.37. The van der Waals surface area contributed by atoms with Gasteiger partial charge in [-0.15, -0.1) is 0 Å². The number of hydrogen-bond donors (Lipinski definition) is 0. The number of likely N-dealkylation sites (tertiary alicyclic amines) is 1. The van der Waals surface area contributed by atoms with Crippen molar-refractivity contribution in [3.05, 3.63) is 35.3 Å². The highest BCUT2D eigenvalue weighted by atomic mass is 19.1. The van der Waals surface area contributed by atoms with E-state index < -0.39 is 5.95 Å². The van der Waals surface area contributed by atoms with Gasteiger partial charge in [-0.3, -0.25) is 4.90 Å². The topological polar surface area (TPSA) is 49.1 Å². The standard InChI is InChI=1S/C19H22FN3O/c1-19(2)4-6-23(7-5-19)12-15-9-13-8-14(11-21)17(24-3)10-16(13)22-18(15)20/h8-10H,4-7,12H2,1-3H3. The molecular formula is C19H22FN3O. The van der Waals surface area contributed by atoms with Gasteiger partial charge < -0.3 is 4.74 Å². The number of nitrogens with zero attached hydrogens (tertiary/aromatic N) is 3. The van der Waals surface area contributed by atoms with Crippen molar-refractivity contribution >= 4 is 10.9 Å². The van der Waals surface area contributed by atoms with Gasteiger partial charge in [0.25, 0.3) is 0 Å². The fourth-order valence-electron chi connectivity index (χ4n) is 3.15. The predicted molar refractivity (Wildman–Crippen MR) is 91.3 cm³/mol. The van der Waals surface area contributed by atoms with E-state index in [1.54, 1.807) is 18.2 Å². The molecule has 1 aromatic carbocycles. The monoisotopic (exact) mass is 327 g/mol. The molecule has 0 bridgehead atoms. The van der Waals surface area contributed by atoms with E-state index in [9.17, 15) is 9.65 Å². The van der Waals surface area contributed by atoms with E-state index in [2.05, 4.69) is 29.8 Å². The third-order valence-corrected chi connectivity index (χ3v) is 4.89. The number of methoxy groups -OCH3 is 1. The number of rotatable bonds is 3. The zero-order valence-corrected chi connectivity index (χ0v) is 14.4. The van der Waals surface area contributed by atoms with Gasteiger partial charge in [-0.05, 0) is 43.5 Å². The Morgan fingerprint density at radius 2 is 2.00 bits per heavy atom. The highest BCUT2D eigenvalue weighted by Crippen LogP contribution is 2.31. The first-order valence-electron chi connectivity index (χ1n) is 8.21. The van der Waals surface area contributed by atoms with Gasteiger partial charge in [0, 0.05) is 23.6 Å². The average molecular weight is 327 g/mol. The van der Waals surface area contributed by atoms with Gasteiger partial charge in [0.05, 0.1) is 18.2 Å². The maximum Gasteiger partial charge on any atom is 0.217 e. The Morgan fingerprint density at radius 1 is 1.29 bits per heavy atom. The van der Waals surface area contributed by atoms with Gasteiger partial charge in [0.15, 0.2) is 0 Å². The molecule has 1 fully saturated rings. The predicted octanol–water partition coefficient (Wildman–Crippen LogP) is 3.88. The first kappa shape index (κ1) is 16.7. The lowest BCUT2D eigenvalue weighted by molar-refractivity contribution is 0.126. The molecule has 0 atom stereocenters. The summed E-state index contributed by atoms with van der Waals surface area (Å²) in [5.74, 6) is -0.0259. The van der Waals surface area contributed by atoms with Crippen molar-refractivity contribution in [2.24, 2.45) is 5.41 Å². The summed E-state index contributed by atoms with van der Waals surface area (Å²) in [4.78, 5) is 6.34. The number of aromatic nitrogens is 1. The summed E-state index contributed by atoms with van der Waals surface area (Å²) in [5.41, 5.74) is 1.89. The molecule has 24 heavy (non-hydrogen) atoms. The first-order valence-corrected chi connectivity index (χ1v) is 8.21. The molecule has 1 aromatic heterocycles. The van der Waals surface area contributed by atoms with Crippen LogP contribution >= 0.6 is 0 Å². The van der Waals surface area contributed by atoms with Gasteiger partial charge in [-0.2, -0.15) is 9.65 Å². The van der Waals surface area contributed by atoms with Crippen LogP contribution in [0.3, 0.4) is 0 Å². The fourth-order valence-corrected chi connectivity index (χ4v) is 3.15. The van der Waals surface area contributed by atoms with E-state index in [1.165, 1.54) is 7.11 Å². The van der Waals surface area contributed by atoms with Crippen LogP contribution < -0.4 is 4.74 Å². The SMILES string of the molecule is COc1cc2nc(F)c(CN3CCC(C)(C)CC3)cc2cc1C#N. The molecule has 0 radical (unpaired) electrons. The molecule has 4 nitrogen and oxygen atoms in total. The van der Waals surface area contributed by atoms with Crippen LogP contribution in [0.2, 0.25) is 0 Å². The lowest BCUT2D eigenvalue weighted by Crippen LogP contribution is -2.37. The smallest absolute Gasteiger partial charge is 0.217 e. The summed E-state index contributed by atoms with van der Waals surface area (Å²) in [7, 11) is 1.49. The minimum atomic E-state index is -0.445. The Bertz CT molecular complexity index is 800. The lowest BCUT2D eigenvalue weighted by atomic mass is 9.82. The van der Waals surface area contributed by atoms with Crippen LogP contribution in [-0.2, 0) is 6.54 Å². The van der Waals surface area contributed by atoms with E-state index in [0.717, 1.165) is 31.3 Å². The van der Waals surface area contributed by atoms with Crippen molar-refractivity contribution in [1.29, 1.82) is 5.26 Å². The average Bonchev–Trinajstić information content (AvgIpc) is 2.56. The summed E-state index contributed by atoms with van der Waals surface area (Å²) < 4.78 is 19.6. The largest absolute Gasteiger partial charge is 0.495 e. The lowest BCUT2D eigenvalue weighted by Gasteiger charge is -2.36. The Labute approximate surface area is 141 Å². The molecule has 1 aliphatic rings. The Morgan fingerprint density at radius 3 is 2.62 bits per heavy atom. The quantitative estimate of drug-likeness (QED) is 0.803. The summed E-state index contributed by atoms with van der Waals surface area (Å²) in [6.45, 7) is 7.05. The minimum Gasteiger partial charge on any atom is -0.495 e. The molecule has 0 saturated carbocycles. The highest BCUT2D eigenvalue weighted by Gasteiger charge is 2.26. The maximum absolute atomic E-state index is 14.4. The molecule has 0 spiro atoms. The molecule has 0 N–H and O–H groups in total.